The van der Waals surface area contributed by atoms with Crippen molar-refractivity contribution in [1.29, 1.82) is 0 Å². The Labute approximate surface area is 125 Å². The van der Waals surface area contributed by atoms with Gasteiger partial charge in [0.15, 0.2) is 0 Å². The number of nitrogens with one attached hydrogen (secondary N) is 2. The number of H-pyrrole nitrogens is 1. The highest BCUT2D eigenvalue weighted by Crippen LogP contribution is 2.27. The molecule has 6 nitrogen and oxygen atoms in total. The molecule has 0 aliphatic heterocycles. The lowest BCUT2D eigenvalue weighted by atomic mass is 10.1. The SMILES string of the molecule is Cc1c(C(=O)NCC2CCC(O)C2)sc2nc[nH]c(=O)c12. The first kappa shape index (κ1) is 14.2. The van der Waals surface area contributed by atoms with Crippen molar-refractivity contribution in [2.75, 3.05) is 6.54 Å². The summed E-state index contributed by atoms with van der Waals surface area (Å²) in [6.45, 7) is 2.33. The first-order valence-corrected chi connectivity index (χ1v) is 7.81. The maximum Gasteiger partial charge on any atom is 0.261 e. The molecule has 7 heteroatoms. The summed E-state index contributed by atoms with van der Waals surface area (Å²) in [5, 5.41) is 12.9. The molecule has 1 aliphatic rings. The van der Waals surface area contributed by atoms with E-state index in [1.54, 1.807) is 6.92 Å². The second kappa shape index (κ2) is 5.57. The Bertz CT molecular complexity index is 737. The standard InChI is InChI=1S/C14H17N3O3S/c1-7-10-12(19)16-6-17-14(10)21-11(7)13(20)15-5-8-2-3-9(18)4-8/h6,8-9,18H,2-5H2,1H3,(H,15,20)(H,16,17,19). The lowest BCUT2D eigenvalue weighted by Gasteiger charge is -2.10. The number of aliphatic hydroxyl groups is 1. The average molecular weight is 307 g/mol. The third-order valence-corrected chi connectivity index (χ3v) is 5.20. The number of aryl methyl sites for hydroxylation is 1. The van der Waals surface area contributed by atoms with Gasteiger partial charge in [-0.25, -0.2) is 4.98 Å². The number of aromatic nitrogens is 2. The summed E-state index contributed by atoms with van der Waals surface area (Å²) >= 11 is 1.24. The van der Waals surface area contributed by atoms with E-state index in [-0.39, 0.29) is 17.6 Å². The zero-order chi connectivity index (χ0) is 15.0. The van der Waals surface area contributed by atoms with Gasteiger partial charge in [0.2, 0.25) is 0 Å². The number of thiophene rings is 1. The van der Waals surface area contributed by atoms with Crippen LogP contribution in [0.3, 0.4) is 0 Å². The molecule has 1 fully saturated rings. The van der Waals surface area contributed by atoms with E-state index in [1.165, 1.54) is 17.7 Å². The van der Waals surface area contributed by atoms with Crippen molar-refractivity contribution >= 4 is 27.5 Å². The van der Waals surface area contributed by atoms with Crippen molar-refractivity contribution in [3.05, 3.63) is 27.1 Å². The topological polar surface area (TPSA) is 95.1 Å². The molecule has 0 saturated heterocycles. The molecule has 21 heavy (non-hydrogen) atoms. The van der Waals surface area contributed by atoms with Crippen LogP contribution in [0.2, 0.25) is 0 Å². The molecule has 2 aromatic rings. The van der Waals surface area contributed by atoms with E-state index < -0.39 is 0 Å². The second-order valence-electron chi connectivity index (χ2n) is 5.51. The van der Waals surface area contributed by atoms with Crippen molar-refractivity contribution in [1.82, 2.24) is 15.3 Å². The fraction of sp³-hybridized carbons (Fsp3) is 0.500. The summed E-state index contributed by atoms with van der Waals surface area (Å²) in [6, 6.07) is 0. The highest BCUT2D eigenvalue weighted by Gasteiger charge is 2.24. The number of nitrogens with zero attached hydrogens (tertiary/aromatic N) is 1. The van der Waals surface area contributed by atoms with E-state index in [1.807, 2.05) is 0 Å². The molecular formula is C14H17N3O3S. The van der Waals surface area contributed by atoms with Crippen molar-refractivity contribution in [2.24, 2.45) is 5.92 Å². The number of rotatable bonds is 3. The van der Waals surface area contributed by atoms with Crippen molar-refractivity contribution < 1.29 is 9.90 Å². The quantitative estimate of drug-likeness (QED) is 0.793. The van der Waals surface area contributed by atoms with Gasteiger partial charge in [-0.3, -0.25) is 9.59 Å². The first-order valence-electron chi connectivity index (χ1n) is 6.99. The largest absolute Gasteiger partial charge is 0.393 e. The van der Waals surface area contributed by atoms with Crippen LogP contribution < -0.4 is 10.9 Å². The van der Waals surface area contributed by atoms with Gasteiger partial charge in [0, 0.05) is 6.54 Å². The van der Waals surface area contributed by atoms with Crippen LogP contribution in [0.25, 0.3) is 10.2 Å². The number of fused-ring (bicyclic) bond motifs is 1. The molecule has 0 bridgehead atoms. The zero-order valence-corrected chi connectivity index (χ0v) is 12.5. The smallest absolute Gasteiger partial charge is 0.261 e. The van der Waals surface area contributed by atoms with Crippen molar-refractivity contribution in [2.45, 2.75) is 32.3 Å². The molecule has 112 valence electrons. The monoisotopic (exact) mass is 307 g/mol. The molecule has 1 aliphatic carbocycles. The summed E-state index contributed by atoms with van der Waals surface area (Å²) in [5.41, 5.74) is 0.458. The Morgan fingerprint density at radius 2 is 2.38 bits per heavy atom. The van der Waals surface area contributed by atoms with Gasteiger partial charge < -0.3 is 15.4 Å². The summed E-state index contributed by atoms with van der Waals surface area (Å²) in [6.07, 6.45) is 3.60. The van der Waals surface area contributed by atoms with Crippen molar-refractivity contribution in [3.8, 4) is 0 Å². The lowest BCUT2D eigenvalue weighted by Crippen LogP contribution is -2.28. The van der Waals surface area contributed by atoms with Crippen LogP contribution in [0, 0.1) is 12.8 Å². The molecule has 2 aromatic heterocycles. The van der Waals surface area contributed by atoms with Crippen LogP contribution in [-0.2, 0) is 0 Å². The molecule has 0 aromatic carbocycles. The van der Waals surface area contributed by atoms with Crippen LogP contribution in [0.4, 0.5) is 0 Å². The normalized spacial score (nSPS) is 21.8. The third-order valence-electron chi connectivity index (χ3n) is 4.00. The van der Waals surface area contributed by atoms with E-state index in [0.717, 1.165) is 19.3 Å². The maximum absolute atomic E-state index is 12.3. The fourth-order valence-electron chi connectivity index (χ4n) is 2.85. The molecule has 3 N–H and O–H groups in total. The van der Waals surface area contributed by atoms with E-state index in [4.69, 9.17) is 0 Å². The molecule has 1 amide bonds. The van der Waals surface area contributed by atoms with Gasteiger partial charge >= 0.3 is 0 Å². The van der Waals surface area contributed by atoms with Gasteiger partial charge in [0.1, 0.15) is 4.83 Å². The number of aliphatic hydroxyl groups excluding tert-OH is 1. The number of carbonyl (C=O) groups excluding carboxylic acids is 1. The summed E-state index contributed by atoms with van der Waals surface area (Å²) < 4.78 is 0. The number of amides is 1. The maximum atomic E-state index is 12.3. The minimum Gasteiger partial charge on any atom is -0.393 e. The van der Waals surface area contributed by atoms with Gasteiger partial charge in [-0.1, -0.05) is 0 Å². The van der Waals surface area contributed by atoms with Gasteiger partial charge in [-0.2, -0.15) is 0 Å². The number of hydrogen-bond acceptors (Lipinski definition) is 5. The predicted octanol–water partition coefficient (Wildman–Crippen LogP) is 1.18. The Balaban J connectivity index is 1.77. The Morgan fingerprint density at radius 1 is 1.57 bits per heavy atom. The number of hydrogen-bond donors (Lipinski definition) is 3. The molecule has 2 unspecified atom stereocenters. The third kappa shape index (κ3) is 2.71. The molecule has 2 heterocycles. The Kier molecular flexibility index (Phi) is 3.77. The Hall–Kier alpha value is -1.73. The van der Waals surface area contributed by atoms with E-state index >= 15 is 0 Å². The van der Waals surface area contributed by atoms with E-state index in [0.29, 0.717) is 33.1 Å². The second-order valence-corrected chi connectivity index (χ2v) is 6.51. The molecule has 1 saturated carbocycles. The van der Waals surface area contributed by atoms with Crippen LogP contribution in [0.5, 0.6) is 0 Å². The van der Waals surface area contributed by atoms with Crippen LogP contribution in [-0.4, -0.2) is 33.6 Å². The average Bonchev–Trinajstić information content (AvgIpc) is 3.01. The number of aromatic amines is 1. The van der Waals surface area contributed by atoms with Gasteiger partial charge in [-0.05, 0) is 37.7 Å². The minimum atomic E-state index is -0.235. The van der Waals surface area contributed by atoms with E-state index in [9.17, 15) is 14.7 Å². The molecular weight excluding hydrogens is 290 g/mol. The summed E-state index contributed by atoms with van der Waals surface area (Å²) in [4.78, 5) is 31.8. The van der Waals surface area contributed by atoms with Crippen LogP contribution >= 0.6 is 11.3 Å². The summed E-state index contributed by atoms with van der Waals surface area (Å²) in [7, 11) is 0. The molecule has 3 rings (SSSR count). The Morgan fingerprint density at radius 3 is 3.05 bits per heavy atom. The lowest BCUT2D eigenvalue weighted by molar-refractivity contribution is 0.0948. The van der Waals surface area contributed by atoms with Gasteiger partial charge in [0.25, 0.3) is 11.5 Å². The van der Waals surface area contributed by atoms with E-state index in [2.05, 4.69) is 15.3 Å². The van der Waals surface area contributed by atoms with Gasteiger partial charge in [0.05, 0.1) is 22.7 Å². The molecule has 0 spiro atoms. The van der Waals surface area contributed by atoms with Crippen LogP contribution in [0.1, 0.15) is 34.5 Å². The predicted molar refractivity (Wildman–Crippen MR) is 80.7 cm³/mol. The highest BCUT2D eigenvalue weighted by molar-refractivity contribution is 7.20. The highest BCUT2D eigenvalue weighted by atomic mass is 32.1. The fourth-order valence-corrected chi connectivity index (χ4v) is 3.91. The first-order chi connectivity index (χ1) is 10.1. The van der Waals surface area contributed by atoms with Gasteiger partial charge in [-0.15, -0.1) is 11.3 Å². The molecule has 0 radical (unpaired) electrons. The number of carbonyl (C=O) groups is 1. The van der Waals surface area contributed by atoms with Crippen molar-refractivity contribution in [3.63, 3.8) is 0 Å². The summed E-state index contributed by atoms with van der Waals surface area (Å²) in [5.74, 6) is 0.163. The minimum absolute atomic E-state index is 0.170. The molecule has 2 atom stereocenters. The zero-order valence-electron chi connectivity index (χ0n) is 11.7. The van der Waals surface area contributed by atoms with Crippen LogP contribution in [0.15, 0.2) is 11.1 Å².